The van der Waals surface area contributed by atoms with Crippen LogP contribution in [0.15, 0.2) is 0 Å². The van der Waals surface area contributed by atoms with E-state index in [0.29, 0.717) is 0 Å². The first-order valence-electron chi connectivity index (χ1n) is 4.13. The summed E-state index contributed by atoms with van der Waals surface area (Å²) in [5.41, 5.74) is 1.09. The minimum absolute atomic E-state index is 0. The van der Waals surface area contributed by atoms with Gasteiger partial charge in [-0.2, -0.15) is 0 Å². The standard InChI is InChI=1S/C8H18Si.K.H/c1-8-6-4-5-7-9(8,2)3;;/h8H,4-7H2,1-3H3;;/q;+1;-1. The van der Waals surface area contributed by atoms with Gasteiger partial charge in [-0.15, -0.1) is 0 Å². The Morgan fingerprint density at radius 2 is 1.90 bits per heavy atom. The van der Waals surface area contributed by atoms with Gasteiger partial charge in [0.05, 0.1) is 8.07 Å². The van der Waals surface area contributed by atoms with Crippen LogP contribution in [0.25, 0.3) is 0 Å². The average molecular weight is 182 g/mol. The molecule has 0 nitrogen and oxygen atoms in total. The van der Waals surface area contributed by atoms with Crippen molar-refractivity contribution in [3.05, 3.63) is 0 Å². The molecule has 0 bridgehead atoms. The molecule has 10 heavy (non-hydrogen) atoms. The van der Waals surface area contributed by atoms with Crippen LogP contribution in [0.3, 0.4) is 0 Å². The molecule has 1 aliphatic heterocycles. The quantitative estimate of drug-likeness (QED) is 0.475. The maximum Gasteiger partial charge on any atom is 1.00 e. The van der Waals surface area contributed by atoms with Gasteiger partial charge in [-0.05, 0) is 5.54 Å². The van der Waals surface area contributed by atoms with Crippen molar-refractivity contribution in [2.75, 3.05) is 0 Å². The van der Waals surface area contributed by atoms with E-state index >= 15 is 0 Å². The fourth-order valence-electron chi connectivity index (χ4n) is 1.67. The molecule has 1 fully saturated rings. The zero-order valence-corrected chi connectivity index (χ0v) is 12.0. The van der Waals surface area contributed by atoms with Crippen LogP contribution < -0.4 is 51.4 Å². The zero-order chi connectivity index (χ0) is 6.91. The van der Waals surface area contributed by atoms with Crippen LogP contribution in [-0.2, 0) is 0 Å². The molecule has 1 atom stereocenters. The van der Waals surface area contributed by atoms with Crippen LogP contribution >= 0.6 is 0 Å². The smallest absolute Gasteiger partial charge is 1.00 e. The van der Waals surface area contributed by atoms with Gasteiger partial charge in [0.1, 0.15) is 0 Å². The van der Waals surface area contributed by atoms with E-state index in [9.17, 15) is 0 Å². The SMILES string of the molecule is CC1CCCC[Si]1(C)C.[H-].[K+]. The van der Waals surface area contributed by atoms with Crippen molar-refractivity contribution >= 4 is 8.07 Å². The molecule has 1 aliphatic rings. The summed E-state index contributed by atoms with van der Waals surface area (Å²) >= 11 is 0. The topological polar surface area (TPSA) is 0 Å². The summed E-state index contributed by atoms with van der Waals surface area (Å²) in [6, 6.07) is 1.58. The van der Waals surface area contributed by atoms with Gasteiger partial charge < -0.3 is 1.43 Å². The first-order chi connectivity index (χ1) is 4.13. The number of hydrogen-bond donors (Lipinski definition) is 0. The van der Waals surface area contributed by atoms with Crippen LogP contribution in [0.4, 0.5) is 0 Å². The predicted octanol–water partition coefficient (Wildman–Crippen LogP) is 0.385. The summed E-state index contributed by atoms with van der Waals surface area (Å²) in [7, 11) is -0.694. The minimum atomic E-state index is -0.694. The molecule has 1 unspecified atom stereocenters. The molecule has 0 saturated carbocycles. The van der Waals surface area contributed by atoms with Crippen molar-refractivity contribution in [3.63, 3.8) is 0 Å². The Morgan fingerprint density at radius 3 is 2.20 bits per heavy atom. The van der Waals surface area contributed by atoms with Gasteiger partial charge in [0.25, 0.3) is 0 Å². The Balaban J connectivity index is 0. The number of hydrogen-bond acceptors (Lipinski definition) is 0. The van der Waals surface area contributed by atoms with Crippen molar-refractivity contribution in [1.29, 1.82) is 0 Å². The van der Waals surface area contributed by atoms with E-state index in [1.54, 1.807) is 6.04 Å². The molecule has 0 aromatic heterocycles. The Labute approximate surface area is 110 Å². The van der Waals surface area contributed by atoms with E-state index in [0.717, 1.165) is 5.54 Å². The third kappa shape index (κ3) is 3.07. The zero-order valence-electron chi connectivity index (χ0n) is 8.91. The molecule has 0 spiro atoms. The minimum Gasteiger partial charge on any atom is -1.00 e. The summed E-state index contributed by atoms with van der Waals surface area (Å²) in [6.45, 7) is 7.53. The normalized spacial score (nSPS) is 30.9. The molecule has 0 aromatic rings. The molecule has 0 amide bonds. The van der Waals surface area contributed by atoms with Crippen LogP contribution in [-0.4, -0.2) is 8.07 Å². The van der Waals surface area contributed by atoms with Gasteiger partial charge in [-0.1, -0.05) is 45.3 Å². The van der Waals surface area contributed by atoms with Gasteiger partial charge in [0.15, 0.2) is 0 Å². The number of rotatable bonds is 0. The van der Waals surface area contributed by atoms with Gasteiger partial charge >= 0.3 is 51.4 Å². The molecule has 2 heteroatoms. The third-order valence-electron chi connectivity index (χ3n) is 3.04. The first-order valence-corrected chi connectivity index (χ1v) is 7.41. The van der Waals surface area contributed by atoms with E-state index in [-0.39, 0.29) is 52.8 Å². The molecule has 0 N–H and O–H groups in total. The van der Waals surface area contributed by atoms with Gasteiger partial charge in [0, 0.05) is 0 Å². The van der Waals surface area contributed by atoms with E-state index in [1.807, 2.05) is 0 Å². The third-order valence-corrected chi connectivity index (χ3v) is 7.64. The van der Waals surface area contributed by atoms with Crippen molar-refractivity contribution in [2.45, 2.75) is 50.9 Å². The molecule has 0 aromatic carbocycles. The fraction of sp³-hybridized carbons (Fsp3) is 1.00. The summed E-state index contributed by atoms with van der Waals surface area (Å²) in [6.07, 6.45) is 4.53. The van der Waals surface area contributed by atoms with Gasteiger partial charge in [-0.25, -0.2) is 0 Å². The van der Waals surface area contributed by atoms with E-state index in [4.69, 9.17) is 0 Å². The fourth-order valence-corrected chi connectivity index (χ4v) is 4.31. The monoisotopic (exact) mass is 182 g/mol. The predicted molar refractivity (Wildman–Crippen MR) is 46.7 cm³/mol. The summed E-state index contributed by atoms with van der Waals surface area (Å²) < 4.78 is 0. The Kier molecular flexibility index (Phi) is 5.66. The van der Waals surface area contributed by atoms with Crippen molar-refractivity contribution in [3.8, 4) is 0 Å². The average Bonchev–Trinajstić information content (AvgIpc) is 1.77. The largest absolute Gasteiger partial charge is 1.00 e. The van der Waals surface area contributed by atoms with Crippen LogP contribution in [0, 0.1) is 0 Å². The molecule has 1 rings (SSSR count). The molecule has 0 aliphatic carbocycles. The Hall–Kier alpha value is 1.85. The van der Waals surface area contributed by atoms with Crippen molar-refractivity contribution in [2.24, 2.45) is 0 Å². The van der Waals surface area contributed by atoms with Crippen molar-refractivity contribution in [1.82, 2.24) is 0 Å². The molecule has 1 heterocycles. The van der Waals surface area contributed by atoms with E-state index < -0.39 is 8.07 Å². The van der Waals surface area contributed by atoms with E-state index in [1.165, 1.54) is 19.3 Å². The van der Waals surface area contributed by atoms with Crippen LogP contribution in [0.1, 0.15) is 27.6 Å². The van der Waals surface area contributed by atoms with Crippen molar-refractivity contribution < 1.29 is 52.8 Å². The van der Waals surface area contributed by atoms with Crippen LogP contribution in [0.5, 0.6) is 0 Å². The summed E-state index contributed by atoms with van der Waals surface area (Å²) in [5.74, 6) is 0. The molecule has 0 radical (unpaired) electrons. The van der Waals surface area contributed by atoms with Gasteiger partial charge in [0.2, 0.25) is 0 Å². The molecular formula is C8H19KSi. The Morgan fingerprint density at radius 1 is 1.30 bits per heavy atom. The maximum absolute atomic E-state index is 2.54. The second kappa shape index (κ2) is 4.78. The second-order valence-corrected chi connectivity index (χ2v) is 9.60. The second-order valence-electron chi connectivity index (χ2n) is 4.14. The van der Waals surface area contributed by atoms with Crippen LogP contribution in [0.2, 0.25) is 24.7 Å². The maximum atomic E-state index is 2.54. The van der Waals surface area contributed by atoms with E-state index in [2.05, 4.69) is 20.0 Å². The van der Waals surface area contributed by atoms with Gasteiger partial charge in [-0.3, -0.25) is 0 Å². The molecule has 56 valence electrons. The summed E-state index contributed by atoms with van der Waals surface area (Å²) in [5, 5.41) is 0. The first kappa shape index (κ1) is 11.9. The molecular weight excluding hydrogens is 163 g/mol. The summed E-state index contributed by atoms with van der Waals surface area (Å²) in [4.78, 5) is 0. The molecule has 1 saturated heterocycles. The Bertz CT molecular complexity index is 106.